The molecular weight excluding hydrogens is 468 g/mol. The average molecular weight is 513 g/mol. The topological polar surface area (TPSA) is 21.8 Å². The molecule has 0 N–H and O–H groups in total. The second-order valence-corrected chi connectivity index (χ2v) is 15.2. The molecule has 0 aromatic heterocycles. The Kier molecular flexibility index (Phi) is 11.3. The van der Waals surface area contributed by atoms with Gasteiger partial charge in [0.1, 0.15) is 6.10 Å². The number of ether oxygens (including phenoxy) is 1. The monoisotopic (exact) mass is 512 g/mol. The Morgan fingerprint density at radius 2 is 1.49 bits per heavy atom. The van der Waals surface area contributed by atoms with Crippen LogP contribution in [0.2, 0.25) is 5.04 Å². The van der Waals surface area contributed by atoms with E-state index in [2.05, 4.69) is 119 Å². The van der Waals surface area contributed by atoms with Crippen molar-refractivity contribution >= 4 is 18.7 Å². The molecule has 1 heterocycles. The lowest BCUT2D eigenvalue weighted by Crippen LogP contribution is -2.67. The second-order valence-electron chi connectivity index (χ2n) is 11.0. The van der Waals surface area contributed by atoms with Crippen LogP contribution >= 0.6 is 0 Å². The molecule has 0 bridgehead atoms. The average Bonchev–Trinajstić information content (AvgIpc) is 3.66. The van der Waals surface area contributed by atoms with Crippen molar-refractivity contribution in [3.8, 4) is 23.7 Å². The molecule has 0 amide bonds. The van der Waals surface area contributed by atoms with Gasteiger partial charge < -0.3 is 9.16 Å². The maximum atomic E-state index is 7.02. The molecule has 37 heavy (non-hydrogen) atoms. The van der Waals surface area contributed by atoms with E-state index in [1.165, 1.54) is 48.9 Å². The van der Waals surface area contributed by atoms with Crippen molar-refractivity contribution in [1.29, 1.82) is 0 Å². The second kappa shape index (κ2) is 14.4. The van der Waals surface area contributed by atoms with E-state index in [1.54, 1.807) is 6.08 Å². The van der Waals surface area contributed by atoms with Crippen LogP contribution in [0, 0.1) is 23.7 Å². The van der Waals surface area contributed by atoms with Crippen molar-refractivity contribution < 1.29 is 9.16 Å². The number of unbranched alkanes of at least 4 members (excludes halogenated alkanes) is 5. The summed E-state index contributed by atoms with van der Waals surface area (Å²) in [5, 5.41) is 2.35. The third kappa shape index (κ3) is 8.21. The van der Waals surface area contributed by atoms with Gasteiger partial charge in [0, 0.05) is 6.42 Å². The molecule has 2 aromatic rings. The van der Waals surface area contributed by atoms with Crippen LogP contribution in [0.25, 0.3) is 0 Å². The van der Waals surface area contributed by atoms with Crippen molar-refractivity contribution in [2.24, 2.45) is 0 Å². The largest absolute Gasteiger partial charge is 0.390 e. The van der Waals surface area contributed by atoms with E-state index < -0.39 is 14.4 Å². The summed E-state index contributed by atoms with van der Waals surface area (Å²) in [7, 11) is -2.68. The minimum atomic E-state index is -2.68. The summed E-state index contributed by atoms with van der Waals surface area (Å²) >= 11 is 0. The molecule has 2 aromatic carbocycles. The zero-order chi connectivity index (χ0) is 26.6. The van der Waals surface area contributed by atoms with Gasteiger partial charge in [0.05, 0.1) is 12.2 Å². The Labute approximate surface area is 227 Å². The van der Waals surface area contributed by atoms with Gasteiger partial charge in [0.25, 0.3) is 8.32 Å². The Morgan fingerprint density at radius 3 is 2.05 bits per heavy atom. The highest BCUT2D eigenvalue weighted by atomic mass is 28.4. The smallest absolute Gasteiger partial charge is 0.263 e. The molecule has 3 atom stereocenters. The molecule has 3 heteroatoms. The van der Waals surface area contributed by atoms with Crippen molar-refractivity contribution in [2.45, 2.75) is 102 Å². The fraction of sp³-hybridized carbons (Fsp3) is 0.471. The summed E-state index contributed by atoms with van der Waals surface area (Å²) in [5.74, 6) is 12.5. The highest BCUT2D eigenvalue weighted by Crippen LogP contribution is 2.37. The SMILES string of the molecule is C=C[C@H](C#CC#CC[C@H]1O[C@H]1CCCCCCCC)O[Si](c1ccccc1)(c1ccccc1)C(C)(C)C. The van der Waals surface area contributed by atoms with Gasteiger partial charge in [-0.1, -0.05) is 151 Å². The minimum absolute atomic E-state index is 0.112. The van der Waals surface area contributed by atoms with E-state index in [4.69, 9.17) is 9.16 Å². The standard InChI is InChI=1S/C34H44O2Si/c1-6-8-9-10-11-20-27-32-33(35-32)28-21-12-15-22-29(7-2)36-37(34(3,4)5,30-23-16-13-17-24-30)31-25-18-14-19-26-31/h7,13-14,16-19,23-26,29,32-33H,2,6,8-11,20,27-28H2,1,3-5H3/t29-,32+,33-/m1/s1. The Balaban J connectivity index is 1.64. The molecular formula is C34H44O2Si. The van der Waals surface area contributed by atoms with Crippen LogP contribution in [-0.4, -0.2) is 26.6 Å². The van der Waals surface area contributed by atoms with E-state index in [0.717, 1.165) is 12.8 Å². The number of benzene rings is 2. The fourth-order valence-electron chi connectivity index (χ4n) is 5.06. The molecule has 1 saturated heterocycles. The van der Waals surface area contributed by atoms with E-state index >= 15 is 0 Å². The van der Waals surface area contributed by atoms with Crippen LogP contribution in [0.15, 0.2) is 73.3 Å². The zero-order valence-electron chi connectivity index (χ0n) is 23.3. The molecule has 0 saturated carbocycles. The summed E-state index contributed by atoms with van der Waals surface area (Å²) in [6, 6.07) is 21.2. The van der Waals surface area contributed by atoms with E-state index in [9.17, 15) is 0 Å². The normalized spacial score (nSPS) is 17.6. The van der Waals surface area contributed by atoms with Crippen LogP contribution in [-0.2, 0) is 9.16 Å². The molecule has 3 rings (SSSR count). The lowest BCUT2D eigenvalue weighted by atomic mass is 10.1. The predicted molar refractivity (Wildman–Crippen MR) is 160 cm³/mol. The third-order valence-corrected chi connectivity index (χ3v) is 12.1. The molecule has 0 aliphatic carbocycles. The Bertz CT molecular complexity index is 1040. The first-order chi connectivity index (χ1) is 17.9. The number of hydrogen-bond donors (Lipinski definition) is 0. The quantitative estimate of drug-likeness (QED) is 0.0944. The fourth-order valence-corrected chi connectivity index (χ4v) is 9.61. The highest BCUT2D eigenvalue weighted by molar-refractivity contribution is 6.99. The van der Waals surface area contributed by atoms with Crippen molar-refractivity contribution in [3.05, 3.63) is 73.3 Å². The number of hydrogen-bond acceptors (Lipinski definition) is 2. The van der Waals surface area contributed by atoms with Gasteiger partial charge in [-0.15, -0.1) is 0 Å². The maximum Gasteiger partial charge on any atom is 0.263 e. The summed E-state index contributed by atoms with van der Waals surface area (Å²) < 4.78 is 12.8. The van der Waals surface area contributed by atoms with E-state index in [-0.39, 0.29) is 11.1 Å². The van der Waals surface area contributed by atoms with E-state index in [0.29, 0.717) is 6.10 Å². The molecule has 1 aliphatic heterocycles. The number of rotatable bonds is 13. The lowest BCUT2D eigenvalue weighted by molar-refractivity contribution is 0.285. The lowest BCUT2D eigenvalue weighted by Gasteiger charge is -2.44. The van der Waals surface area contributed by atoms with Crippen LogP contribution in [0.5, 0.6) is 0 Å². The van der Waals surface area contributed by atoms with Gasteiger partial charge >= 0.3 is 0 Å². The van der Waals surface area contributed by atoms with Gasteiger partial charge in [0.2, 0.25) is 0 Å². The summed E-state index contributed by atoms with van der Waals surface area (Å²) in [4.78, 5) is 0. The predicted octanol–water partition coefficient (Wildman–Crippen LogP) is 7.03. The molecule has 0 spiro atoms. The maximum absolute atomic E-state index is 7.02. The minimum Gasteiger partial charge on any atom is -0.390 e. The van der Waals surface area contributed by atoms with Crippen molar-refractivity contribution in [3.63, 3.8) is 0 Å². The highest BCUT2D eigenvalue weighted by Gasteiger charge is 2.51. The zero-order valence-corrected chi connectivity index (χ0v) is 24.3. The van der Waals surface area contributed by atoms with Gasteiger partial charge in [0.15, 0.2) is 0 Å². The van der Waals surface area contributed by atoms with Gasteiger partial charge in [-0.05, 0) is 33.7 Å². The van der Waals surface area contributed by atoms with Gasteiger partial charge in [-0.3, -0.25) is 0 Å². The van der Waals surface area contributed by atoms with Crippen LogP contribution in [0.4, 0.5) is 0 Å². The molecule has 1 aliphatic rings. The Morgan fingerprint density at radius 1 is 0.892 bits per heavy atom. The molecule has 196 valence electrons. The van der Waals surface area contributed by atoms with Crippen molar-refractivity contribution in [2.75, 3.05) is 0 Å². The first kappa shape index (κ1) is 29.0. The summed E-state index contributed by atoms with van der Waals surface area (Å²) in [6.07, 6.45) is 11.9. The van der Waals surface area contributed by atoms with Crippen LogP contribution < -0.4 is 10.4 Å². The first-order valence-electron chi connectivity index (χ1n) is 14.0. The van der Waals surface area contributed by atoms with E-state index in [1.807, 2.05) is 0 Å². The first-order valence-corrected chi connectivity index (χ1v) is 15.9. The van der Waals surface area contributed by atoms with Gasteiger partial charge in [-0.25, -0.2) is 0 Å². The van der Waals surface area contributed by atoms with Crippen molar-refractivity contribution in [1.82, 2.24) is 0 Å². The molecule has 0 radical (unpaired) electrons. The molecule has 1 fully saturated rings. The van der Waals surface area contributed by atoms with Crippen LogP contribution in [0.3, 0.4) is 0 Å². The van der Waals surface area contributed by atoms with Gasteiger partial charge in [-0.2, -0.15) is 0 Å². The summed E-state index contributed by atoms with van der Waals surface area (Å²) in [6.45, 7) is 13.1. The van der Waals surface area contributed by atoms with Crippen LogP contribution in [0.1, 0.15) is 79.1 Å². The summed E-state index contributed by atoms with van der Waals surface area (Å²) in [5.41, 5.74) is 0. The third-order valence-electron chi connectivity index (χ3n) is 7.13. The molecule has 0 unspecified atom stereocenters. The Hall–Kier alpha value is -2.56. The molecule has 2 nitrogen and oxygen atoms in total. The number of epoxide rings is 1.